The van der Waals surface area contributed by atoms with Gasteiger partial charge in [0.1, 0.15) is 0 Å². The van der Waals surface area contributed by atoms with Gasteiger partial charge < -0.3 is 5.32 Å². The van der Waals surface area contributed by atoms with Gasteiger partial charge in [0.25, 0.3) is 0 Å². The van der Waals surface area contributed by atoms with Crippen LogP contribution in [0.5, 0.6) is 0 Å². The summed E-state index contributed by atoms with van der Waals surface area (Å²) in [5.74, 6) is 0. The third-order valence-electron chi connectivity index (χ3n) is 2.68. The lowest BCUT2D eigenvalue weighted by molar-refractivity contribution is 0.553. The van der Waals surface area contributed by atoms with Crippen molar-refractivity contribution in [3.63, 3.8) is 0 Å². The smallest absolute Gasteiger partial charge is 0.0661 e. The zero-order chi connectivity index (χ0) is 11.1. The van der Waals surface area contributed by atoms with Crippen LogP contribution in [0, 0.1) is 0 Å². The zero-order valence-corrected chi connectivity index (χ0v) is 10.4. The minimum atomic E-state index is 0.0408. The number of thioether (sulfide) groups is 1. The SMILES string of the molecule is C=C1NC(C)(C)/C(=C\C2=CC=C(C)C2)S1. The molecular weight excluding hydrogens is 202 g/mol. The summed E-state index contributed by atoms with van der Waals surface area (Å²) >= 11 is 1.75. The Kier molecular flexibility index (Phi) is 2.55. The lowest BCUT2D eigenvalue weighted by Gasteiger charge is -2.19. The third-order valence-corrected chi connectivity index (χ3v) is 3.88. The molecule has 1 nitrogen and oxygen atoms in total. The third kappa shape index (κ3) is 2.20. The molecule has 1 N–H and O–H groups in total. The molecule has 0 spiro atoms. The normalized spacial score (nSPS) is 26.6. The Morgan fingerprint density at radius 1 is 1.47 bits per heavy atom. The van der Waals surface area contributed by atoms with E-state index in [-0.39, 0.29) is 5.54 Å². The molecule has 0 aromatic carbocycles. The Balaban J connectivity index is 2.18. The summed E-state index contributed by atoms with van der Waals surface area (Å²) in [6.45, 7) is 10.5. The van der Waals surface area contributed by atoms with Gasteiger partial charge in [-0.1, -0.05) is 36.1 Å². The molecule has 2 rings (SSSR count). The van der Waals surface area contributed by atoms with E-state index in [9.17, 15) is 0 Å². The maximum Gasteiger partial charge on any atom is 0.0661 e. The number of allylic oxidation sites excluding steroid dienone is 5. The lowest BCUT2D eigenvalue weighted by Crippen LogP contribution is -2.32. The summed E-state index contributed by atoms with van der Waals surface area (Å²) in [5.41, 5.74) is 2.88. The second-order valence-electron chi connectivity index (χ2n) is 4.72. The standard InChI is InChI=1S/C13H17NS/c1-9-5-6-11(7-9)8-12-13(3,4)14-10(2)15-12/h5-6,8,14H,2,7H2,1,3-4H3/b12-8+. The van der Waals surface area contributed by atoms with Gasteiger partial charge in [0.2, 0.25) is 0 Å². The van der Waals surface area contributed by atoms with E-state index in [0.717, 1.165) is 11.4 Å². The molecule has 1 heterocycles. The molecule has 15 heavy (non-hydrogen) atoms. The second-order valence-corrected chi connectivity index (χ2v) is 5.85. The van der Waals surface area contributed by atoms with Gasteiger partial charge in [-0.15, -0.1) is 0 Å². The number of nitrogens with one attached hydrogen (secondary N) is 1. The van der Waals surface area contributed by atoms with Crippen molar-refractivity contribution in [1.29, 1.82) is 0 Å². The molecule has 0 bridgehead atoms. The molecule has 0 saturated carbocycles. The van der Waals surface area contributed by atoms with E-state index in [1.54, 1.807) is 11.8 Å². The maximum atomic E-state index is 3.97. The van der Waals surface area contributed by atoms with Crippen molar-refractivity contribution in [3.8, 4) is 0 Å². The largest absolute Gasteiger partial charge is 0.371 e. The summed E-state index contributed by atoms with van der Waals surface area (Å²) in [6.07, 6.45) is 7.79. The van der Waals surface area contributed by atoms with E-state index in [1.807, 2.05) is 0 Å². The minimum Gasteiger partial charge on any atom is -0.371 e. The van der Waals surface area contributed by atoms with Gasteiger partial charge >= 0.3 is 0 Å². The molecule has 0 atom stereocenters. The molecule has 80 valence electrons. The zero-order valence-electron chi connectivity index (χ0n) is 9.55. The summed E-state index contributed by atoms with van der Waals surface area (Å²) in [7, 11) is 0. The van der Waals surface area contributed by atoms with E-state index < -0.39 is 0 Å². The average molecular weight is 219 g/mol. The molecule has 0 unspecified atom stereocenters. The summed E-state index contributed by atoms with van der Waals surface area (Å²) < 4.78 is 0. The minimum absolute atomic E-state index is 0.0408. The topological polar surface area (TPSA) is 12.0 Å². The first-order valence-electron chi connectivity index (χ1n) is 5.21. The Morgan fingerprint density at radius 2 is 2.20 bits per heavy atom. The Hall–Kier alpha value is -0.890. The van der Waals surface area contributed by atoms with E-state index in [0.29, 0.717) is 0 Å². The fourth-order valence-electron chi connectivity index (χ4n) is 1.86. The van der Waals surface area contributed by atoms with Gasteiger partial charge in [0.05, 0.1) is 10.6 Å². The average Bonchev–Trinajstić information content (AvgIpc) is 2.58. The molecule has 1 fully saturated rings. The molecular formula is C13H17NS. The van der Waals surface area contributed by atoms with E-state index in [2.05, 4.69) is 50.9 Å². The Bertz CT molecular complexity index is 397. The molecule has 0 aromatic rings. The van der Waals surface area contributed by atoms with Gasteiger partial charge in [-0.25, -0.2) is 0 Å². The predicted molar refractivity (Wildman–Crippen MR) is 68.5 cm³/mol. The maximum absolute atomic E-state index is 3.97. The molecule has 1 saturated heterocycles. The van der Waals surface area contributed by atoms with Crippen LogP contribution in [0.15, 0.2) is 45.9 Å². The van der Waals surface area contributed by atoms with Gasteiger partial charge in [0.15, 0.2) is 0 Å². The number of hydrogen-bond acceptors (Lipinski definition) is 2. The molecule has 0 amide bonds. The van der Waals surface area contributed by atoms with Crippen LogP contribution in [0.1, 0.15) is 27.2 Å². The fourth-order valence-corrected chi connectivity index (χ4v) is 2.95. The summed E-state index contributed by atoms with van der Waals surface area (Å²) in [5, 5.41) is 4.43. The first-order chi connectivity index (χ1) is 6.97. The summed E-state index contributed by atoms with van der Waals surface area (Å²) in [4.78, 5) is 1.36. The van der Waals surface area contributed by atoms with E-state index in [1.165, 1.54) is 16.1 Å². The van der Waals surface area contributed by atoms with E-state index >= 15 is 0 Å². The van der Waals surface area contributed by atoms with Crippen LogP contribution in [0.2, 0.25) is 0 Å². The van der Waals surface area contributed by atoms with Crippen LogP contribution in [0.4, 0.5) is 0 Å². The second kappa shape index (κ2) is 3.60. The lowest BCUT2D eigenvalue weighted by atomic mass is 10.0. The van der Waals surface area contributed by atoms with Crippen molar-refractivity contribution >= 4 is 11.8 Å². The Labute approximate surface area is 96.0 Å². The van der Waals surface area contributed by atoms with E-state index in [4.69, 9.17) is 0 Å². The van der Waals surface area contributed by atoms with Crippen LogP contribution < -0.4 is 5.32 Å². The quantitative estimate of drug-likeness (QED) is 0.721. The predicted octanol–water partition coefficient (Wildman–Crippen LogP) is 3.73. The van der Waals surface area contributed by atoms with Gasteiger partial charge in [-0.3, -0.25) is 0 Å². The van der Waals surface area contributed by atoms with Crippen molar-refractivity contribution in [2.75, 3.05) is 0 Å². The van der Waals surface area contributed by atoms with Gasteiger partial charge in [-0.05, 0) is 38.8 Å². The number of rotatable bonds is 1. The molecule has 1 aliphatic carbocycles. The van der Waals surface area contributed by atoms with Crippen LogP contribution in [0.3, 0.4) is 0 Å². The highest BCUT2D eigenvalue weighted by atomic mass is 32.2. The first kappa shape index (κ1) is 10.6. The Morgan fingerprint density at radius 3 is 2.67 bits per heavy atom. The van der Waals surface area contributed by atoms with Crippen molar-refractivity contribution in [1.82, 2.24) is 5.32 Å². The number of hydrogen-bond donors (Lipinski definition) is 1. The highest BCUT2D eigenvalue weighted by Crippen LogP contribution is 2.41. The highest BCUT2D eigenvalue weighted by molar-refractivity contribution is 8.07. The molecule has 2 heteroatoms. The van der Waals surface area contributed by atoms with Crippen molar-refractivity contribution in [2.45, 2.75) is 32.7 Å². The van der Waals surface area contributed by atoms with Gasteiger partial charge in [-0.2, -0.15) is 0 Å². The molecule has 0 aromatic heterocycles. The van der Waals surface area contributed by atoms with Crippen LogP contribution in [0.25, 0.3) is 0 Å². The van der Waals surface area contributed by atoms with Gasteiger partial charge in [0, 0.05) is 4.91 Å². The van der Waals surface area contributed by atoms with Crippen LogP contribution >= 0.6 is 11.8 Å². The summed E-state index contributed by atoms with van der Waals surface area (Å²) in [6, 6.07) is 0. The van der Waals surface area contributed by atoms with Crippen LogP contribution in [-0.2, 0) is 0 Å². The fraction of sp³-hybridized carbons (Fsp3) is 0.385. The van der Waals surface area contributed by atoms with Crippen molar-refractivity contribution in [3.05, 3.63) is 45.9 Å². The van der Waals surface area contributed by atoms with Crippen molar-refractivity contribution < 1.29 is 0 Å². The van der Waals surface area contributed by atoms with Crippen molar-refractivity contribution in [2.24, 2.45) is 0 Å². The molecule has 0 radical (unpaired) electrons. The molecule has 1 aliphatic heterocycles. The molecule has 2 aliphatic rings. The highest BCUT2D eigenvalue weighted by Gasteiger charge is 2.31. The monoisotopic (exact) mass is 219 g/mol. The first-order valence-corrected chi connectivity index (χ1v) is 6.02. The van der Waals surface area contributed by atoms with Crippen LogP contribution in [-0.4, -0.2) is 5.54 Å².